The Kier molecular flexibility index (Phi) is 5.98. The molecule has 26 heavy (non-hydrogen) atoms. The van der Waals surface area contributed by atoms with Gasteiger partial charge in [-0.25, -0.2) is 4.79 Å². The maximum atomic E-state index is 11.7. The molecule has 0 spiro atoms. The number of carbonyl (C=O) groups excluding carboxylic acids is 1. The van der Waals surface area contributed by atoms with Crippen LogP contribution in [-0.2, 0) is 4.74 Å². The maximum absolute atomic E-state index is 11.7. The number of hydrogen-bond donors (Lipinski definition) is 1. The third-order valence-corrected chi connectivity index (χ3v) is 5.73. The van der Waals surface area contributed by atoms with Crippen LogP contribution in [0.2, 0.25) is 5.02 Å². The van der Waals surface area contributed by atoms with Crippen molar-refractivity contribution in [2.45, 2.75) is 50.6 Å². The third kappa shape index (κ3) is 4.10. The Hall–Kier alpha value is -1.86. The van der Waals surface area contributed by atoms with Crippen molar-refractivity contribution in [3.05, 3.63) is 32.8 Å². The second kappa shape index (κ2) is 8.22. The molecule has 1 saturated carbocycles. The molecule has 1 aromatic rings. The fraction of sp³-hybridized carbons (Fsp3) is 0.611. The molecule has 3 rings (SSSR count). The zero-order chi connectivity index (χ0) is 18.7. The van der Waals surface area contributed by atoms with Gasteiger partial charge in [-0.1, -0.05) is 24.4 Å². The number of ether oxygens (including phenoxy) is 1. The van der Waals surface area contributed by atoms with E-state index in [0.29, 0.717) is 11.7 Å². The molecular weight excluding hydrogens is 358 g/mol. The molecule has 0 aromatic heterocycles. The number of esters is 1. The van der Waals surface area contributed by atoms with E-state index in [0.717, 1.165) is 25.9 Å². The quantitative estimate of drug-likeness (QED) is 0.473. The van der Waals surface area contributed by atoms with Gasteiger partial charge in [0.2, 0.25) is 0 Å². The first-order chi connectivity index (χ1) is 12.5. The maximum Gasteiger partial charge on any atom is 0.339 e. The first kappa shape index (κ1) is 18.9. The van der Waals surface area contributed by atoms with Crippen molar-refractivity contribution in [1.29, 1.82) is 0 Å². The Balaban J connectivity index is 1.70. The predicted octanol–water partition coefficient (Wildman–Crippen LogP) is 3.85. The number of nitrogens with zero attached hydrogens (tertiary/aromatic N) is 2. The number of nitrogens with one attached hydrogen (secondary N) is 1. The summed E-state index contributed by atoms with van der Waals surface area (Å²) in [4.78, 5) is 25.2. The van der Waals surface area contributed by atoms with Gasteiger partial charge in [0.1, 0.15) is 5.69 Å². The second-order valence-electron chi connectivity index (χ2n) is 6.99. The molecule has 0 amide bonds. The van der Waals surface area contributed by atoms with E-state index in [-0.39, 0.29) is 22.3 Å². The van der Waals surface area contributed by atoms with E-state index in [1.807, 2.05) is 0 Å². The van der Waals surface area contributed by atoms with E-state index in [9.17, 15) is 14.9 Å². The van der Waals surface area contributed by atoms with Crippen LogP contribution in [0.15, 0.2) is 12.1 Å². The summed E-state index contributed by atoms with van der Waals surface area (Å²) in [5, 5.41) is 14.8. The van der Waals surface area contributed by atoms with Gasteiger partial charge in [-0.2, -0.15) is 0 Å². The van der Waals surface area contributed by atoms with Gasteiger partial charge in [-0.05, 0) is 31.7 Å². The number of anilines is 1. The number of rotatable bonds is 5. The van der Waals surface area contributed by atoms with Crippen LogP contribution in [0.3, 0.4) is 0 Å². The van der Waals surface area contributed by atoms with Crippen molar-refractivity contribution < 1.29 is 14.5 Å². The Morgan fingerprint density at radius 1 is 1.27 bits per heavy atom. The minimum atomic E-state index is -0.686. The lowest BCUT2D eigenvalue weighted by Crippen LogP contribution is -2.43. The fourth-order valence-electron chi connectivity index (χ4n) is 3.99. The minimum absolute atomic E-state index is 0.00229. The summed E-state index contributed by atoms with van der Waals surface area (Å²) < 4.78 is 4.63. The van der Waals surface area contributed by atoms with Gasteiger partial charge in [0.15, 0.2) is 0 Å². The van der Waals surface area contributed by atoms with Crippen molar-refractivity contribution in [1.82, 2.24) is 4.90 Å². The highest BCUT2D eigenvalue weighted by Crippen LogP contribution is 2.34. The molecule has 1 N–H and O–H groups in total. The van der Waals surface area contributed by atoms with E-state index in [2.05, 4.69) is 15.0 Å². The molecule has 1 aromatic carbocycles. The highest BCUT2D eigenvalue weighted by molar-refractivity contribution is 6.34. The summed E-state index contributed by atoms with van der Waals surface area (Å²) in [7, 11) is 1.22. The number of halogens is 1. The van der Waals surface area contributed by atoms with Gasteiger partial charge in [0.05, 0.1) is 22.6 Å². The molecule has 0 unspecified atom stereocenters. The highest BCUT2D eigenvalue weighted by atomic mass is 35.5. The Morgan fingerprint density at radius 3 is 2.50 bits per heavy atom. The molecule has 1 heterocycles. The lowest BCUT2D eigenvalue weighted by Gasteiger charge is -2.36. The minimum Gasteiger partial charge on any atom is -0.465 e. The number of nitro groups is 1. The van der Waals surface area contributed by atoms with Crippen LogP contribution in [0.5, 0.6) is 0 Å². The monoisotopic (exact) mass is 381 g/mol. The largest absolute Gasteiger partial charge is 0.465 e. The summed E-state index contributed by atoms with van der Waals surface area (Å²) in [5.74, 6) is -0.686. The van der Waals surface area contributed by atoms with Gasteiger partial charge < -0.3 is 15.0 Å². The number of benzene rings is 1. The van der Waals surface area contributed by atoms with E-state index >= 15 is 0 Å². The number of likely N-dealkylation sites (tertiary alicyclic amines) is 1. The Morgan fingerprint density at radius 2 is 1.92 bits per heavy atom. The Labute approximate surface area is 157 Å². The fourth-order valence-corrected chi connectivity index (χ4v) is 4.23. The van der Waals surface area contributed by atoms with Gasteiger partial charge in [-0.3, -0.25) is 10.1 Å². The van der Waals surface area contributed by atoms with Crippen LogP contribution in [-0.4, -0.2) is 48.1 Å². The molecule has 0 radical (unpaired) electrons. The summed E-state index contributed by atoms with van der Waals surface area (Å²) in [6.45, 7) is 2.01. The van der Waals surface area contributed by atoms with Gasteiger partial charge in [0.25, 0.3) is 5.69 Å². The molecule has 7 nitrogen and oxygen atoms in total. The molecule has 2 aliphatic rings. The normalized spacial score (nSPS) is 19.5. The van der Waals surface area contributed by atoms with Crippen LogP contribution in [0.4, 0.5) is 11.4 Å². The van der Waals surface area contributed by atoms with Gasteiger partial charge in [-0.15, -0.1) is 0 Å². The molecule has 142 valence electrons. The van der Waals surface area contributed by atoms with Crippen LogP contribution in [0, 0.1) is 10.1 Å². The van der Waals surface area contributed by atoms with E-state index in [1.165, 1.54) is 44.9 Å². The summed E-state index contributed by atoms with van der Waals surface area (Å²) >= 11 is 6.13. The third-order valence-electron chi connectivity index (χ3n) is 5.42. The summed E-state index contributed by atoms with van der Waals surface area (Å²) in [6, 6.07) is 3.50. The van der Waals surface area contributed by atoms with Crippen molar-refractivity contribution in [3.63, 3.8) is 0 Å². The van der Waals surface area contributed by atoms with Crippen molar-refractivity contribution in [2.24, 2.45) is 0 Å². The number of nitro benzene ring substituents is 1. The SMILES string of the molecule is COC(=O)c1cc([N+](=O)[O-])c(NC2CCN(C3CCCC3)CC2)cc1Cl. The lowest BCUT2D eigenvalue weighted by atomic mass is 10.0. The summed E-state index contributed by atoms with van der Waals surface area (Å²) in [5.41, 5.74) is 0.197. The number of carbonyl (C=O) groups is 1. The molecule has 2 fully saturated rings. The molecule has 8 heteroatoms. The second-order valence-corrected chi connectivity index (χ2v) is 7.40. The van der Waals surface area contributed by atoms with Crippen LogP contribution in [0.25, 0.3) is 0 Å². The van der Waals surface area contributed by atoms with E-state index in [4.69, 9.17) is 11.6 Å². The molecule has 0 bridgehead atoms. The smallest absolute Gasteiger partial charge is 0.339 e. The zero-order valence-corrected chi connectivity index (χ0v) is 15.6. The average Bonchev–Trinajstić information content (AvgIpc) is 3.16. The number of piperidine rings is 1. The lowest BCUT2D eigenvalue weighted by molar-refractivity contribution is -0.384. The molecular formula is C18H24ClN3O4. The topological polar surface area (TPSA) is 84.7 Å². The standard InChI is InChI=1S/C18H24ClN3O4/c1-26-18(23)14-10-17(22(24)25)16(11-15(14)19)20-12-6-8-21(9-7-12)13-4-2-3-5-13/h10-13,20H,2-9H2,1H3. The van der Waals surface area contributed by atoms with Crippen molar-refractivity contribution in [2.75, 3.05) is 25.5 Å². The van der Waals surface area contributed by atoms with E-state index in [1.54, 1.807) is 0 Å². The molecule has 1 saturated heterocycles. The van der Waals surface area contributed by atoms with Crippen LogP contribution >= 0.6 is 11.6 Å². The first-order valence-corrected chi connectivity index (χ1v) is 9.44. The zero-order valence-electron chi connectivity index (χ0n) is 14.9. The first-order valence-electron chi connectivity index (χ1n) is 9.06. The molecule has 1 aliphatic carbocycles. The highest BCUT2D eigenvalue weighted by Gasteiger charge is 2.29. The average molecular weight is 382 g/mol. The number of methoxy groups -OCH3 is 1. The molecule has 0 atom stereocenters. The van der Waals surface area contributed by atoms with E-state index < -0.39 is 10.9 Å². The summed E-state index contributed by atoms with van der Waals surface area (Å²) in [6.07, 6.45) is 7.08. The van der Waals surface area contributed by atoms with Crippen LogP contribution < -0.4 is 5.32 Å². The van der Waals surface area contributed by atoms with Crippen LogP contribution in [0.1, 0.15) is 48.9 Å². The Bertz CT molecular complexity index is 683. The van der Waals surface area contributed by atoms with Gasteiger partial charge in [0, 0.05) is 31.2 Å². The molecule has 1 aliphatic heterocycles. The van der Waals surface area contributed by atoms with Gasteiger partial charge >= 0.3 is 5.97 Å². The van der Waals surface area contributed by atoms with Crippen molar-refractivity contribution in [3.8, 4) is 0 Å². The number of hydrogen-bond acceptors (Lipinski definition) is 6. The predicted molar refractivity (Wildman–Crippen MR) is 99.9 cm³/mol. The van der Waals surface area contributed by atoms with Crippen molar-refractivity contribution >= 4 is 28.9 Å².